The van der Waals surface area contributed by atoms with Crippen molar-refractivity contribution in [3.8, 4) is 0 Å². The number of fused-ring (bicyclic) bond motifs is 1. The molecule has 0 saturated carbocycles. The lowest BCUT2D eigenvalue weighted by molar-refractivity contribution is -0.141. The summed E-state index contributed by atoms with van der Waals surface area (Å²) in [5.41, 5.74) is 4.09. The lowest BCUT2D eigenvalue weighted by Crippen LogP contribution is -2.29. The molecule has 4 nitrogen and oxygen atoms in total. The van der Waals surface area contributed by atoms with Crippen LogP contribution in [0, 0.1) is 0 Å². The van der Waals surface area contributed by atoms with Crippen molar-refractivity contribution in [3.63, 3.8) is 0 Å². The van der Waals surface area contributed by atoms with Crippen LogP contribution in [0.25, 0.3) is 0 Å². The average Bonchev–Trinajstić information content (AvgIpc) is 3.12. The third-order valence-corrected chi connectivity index (χ3v) is 4.78. The first-order chi connectivity index (χ1) is 10.6. The monoisotopic (exact) mass is 301 g/mol. The lowest BCUT2D eigenvalue weighted by atomic mass is 9.83. The molecule has 0 radical (unpaired) electrons. The van der Waals surface area contributed by atoms with E-state index >= 15 is 0 Å². The quantitative estimate of drug-likeness (QED) is 0.773. The minimum atomic E-state index is -0.446. The highest BCUT2D eigenvalue weighted by Crippen LogP contribution is 2.46. The summed E-state index contributed by atoms with van der Waals surface area (Å²) in [6.07, 6.45) is 5.89. The molecule has 1 saturated heterocycles. The van der Waals surface area contributed by atoms with Gasteiger partial charge in [-0.2, -0.15) is 0 Å². The highest BCUT2D eigenvalue weighted by atomic mass is 16.5. The Hall–Kier alpha value is -1.68. The Morgan fingerprint density at radius 3 is 2.82 bits per heavy atom. The Labute approximate surface area is 131 Å². The first-order valence-corrected chi connectivity index (χ1v) is 8.11. The zero-order valence-electron chi connectivity index (χ0n) is 13.5. The molecule has 0 spiro atoms. The highest BCUT2D eigenvalue weighted by Gasteiger charge is 2.39. The van der Waals surface area contributed by atoms with Gasteiger partial charge in [-0.15, -0.1) is 0 Å². The molecule has 2 unspecified atom stereocenters. The summed E-state index contributed by atoms with van der Waals surface area (Å²) in [5.74, 6) is -0.0994. The number of carbonyl (C=O) groups excluding carboxylic acids is 1. The molecule has 3 rings (SSSR count). The summed E-state index contributed by atoms with van der Waals surface area (Å²) in [6.45, 7) is 4.28. The minimum absolute atomic E-state index is 0.0994. The molecule has 1 aromatic carbocycles. The van der Waals surface area contributed by atoms with Gasteiger partial charge in [0, 0.05) is 25.3 Å². The molecule has 1 fully saturated rings. The number of rotatable bonds is 5. The van der Waals surface area contributed by atoms with Crippen molar-refractivity contribution in [1.29, 1.82) is 0 Å². The lowest BCUT2D eigenvalue weighted by Gasteiger charge is -2.29. The molecule has 4 heteroatoms. The Bertz CT molecular complexity index is 617. The topological polar surface area (TPSA) is 47.9 Å². The van der Waals surface area contributed by atoms with Crippen molar-refractivity contribution < 1.29 is 14.3 Å². The maximum atomic E-state index is 11.5. The molecule has 2 heterocycles. The van der Waals surface area contributed by atoms with E-state index in [9.17, 15) is 4.79 Å². The molecule has 0 aromatic heterocycles. The van der Waals surface area contributed by atoms with Gasteiger partial charge in [0.25, 0.3) is 0 Å². The van der Waals surface area contributed by atoms with Crippen LogP contribution >= 0.6 is 0 Å². The molecule has 118 valence electrons. The first kappa shape index (κ1) is 15.2. The van der Waals surface area contributed by atoms with Crippen molar-refractivity contribution >= 4 is 17.9 Å². The largest absolute Gasteiger partial charge is 0.457 e. The zero-order valence-corrected chi connectivity index (χ0v) is 13.5. The van der Waals surface area contributed by atoms with Gasteiger partial charge >= 0.3 is 5.97 Å². The SMILES string of the molecule is CCCc1c(C2CCC(=O)O2)ccc2c1C(CC)(OC)C=N2. The normalized spacial score (nSPS) is 26.3. The first-order valence-electron chi connectivity index (χ1n) is 8.11. The van der Waals surface area contributed by atoms with Crippen LogP contribution in [0.1, 0.15) is 62.3 Å². The van der Waals surface area contributed by atoms with Gasteiger partial charge in [-0.25, -0.2) is 0 Å². The van der Waals surface area contributed by atoms with Crippen LogP contribution in [0.3, 0.4) is 0 Å². The van der Waals surface area contributed by atoms with E-state index in [1.165, 1.54) is 11.1 Å². The van der Waals surface area contributed by atoms with E-state index in [1.807, 2.05) is 12.3 Å². The van der Waals surface area contributed by atoms with Crippen LogP contribution < -0.4 is 0 Å². The Morgan fingerprint density at radius 2 is 2.23 bits per heavy atom. The molecule has 1 aromatic rings. The molecular formula is C18H23NO3. The van der Waals surface area contributed by atoms with Gasteiger partial charge in [-0.05, 0) is 36.5 Å². The number of ether oxygens (including phenoxy) is 2. The number of aliphatic imine (C=N–C) groups is 1. The molecule has 2 aliphatic heterocycles. The predicted molar refractivity (Wildman–Crippen MR) is 85.6 cm³/mol. The van der Waals surface area contributed by atoms with Gasteiger partial charge in [0.1, 0.15) is 11.7 Å². The molecule has 22 heavy (non-hydrogen) atoms. The van der Waals surface area contributed by atoms with E-state index < -0.39 is 5.60 Å². The molecule has 0 bridgehead atoms. The third kappa shape index (κ3) is 2.26. The van der Waals surface area contributed by atoms with Gasteiger partial charge in [0.2, 0.25) is 0 Å². The maximum absolute atomic E-state index is 11.5. The smallest absolute Gasteiger partial charge is 0.306 e. The van der Waals surface area contributed by atoms with E-state index in [4.69, 9.17) is 9.47 Å². The summed E-state index contributed by atoms with van der Waals surface area (Å²) in [6, 6.07) is 4.11. The van der Waals surface area contributed by atoms with Gasteiger partial charge in [0.05, 0.1) is 5.69 Å². The summed E-state index contributed by atoms with van der Waals surface area (Å²) >= 11 is 0. The van der Waals surface area contributed by atoms with Crippen molar-refractivity contribution in [2.75, 3.05) is 7.11 Å². The van der Waals surface area contributed by atoms with Crippen LogP contribution in [0.2, 0.25) is 0 Å². The average molecular weight is 301 g/mol. The van der Waals surface area contributed by atoms with E-state index in [0.29, 0.717) is 6.42 Å². The number of hydrogen-bond donors (Lipinski definition) is 0. The number of cyclic esters (lactones) is 1. The minimum Gasteiger partial charge on any atom is -0.457 e. The summed E-state index contributed by atoms with van der Waals surface area (Å²) in [5, 5.41) is 0. The van der Waals surface area contributed by atoms with Crippen molar-refractivity contribution in [3.05, 3.63) is 28.8 Å². The maximum Gasteiger partial charge on any atom is 0.306 e. The predicted octanol–water partition coefficient (Wildman–Crippen LogP) is 3.98. The molecule has 2 atom stereocenters. The van der Waals surface area contributed by atoms with Crippen LogP contribution in [-0.2, 0) is 26.3 Å². The third-order valence-electron chi connectivity index (χ3n) is 4.78. The van der Waals surface area contributed by atoms with E-state index in [2.05, 4.69) is 24.9 Å². The van der Waals surface area contributed by atoms with Gasteiger partial charge in [-0.1, -0.05) is 26.3 Å². The Balaban J connectivity index is 2.13. The number of esters is 1. The van der Waals surface area contributed by atoms with E-state index in [-0.39, 0.29) is 12.1 Å². The standard InChI is InChI=1S/C18H23NO3/c1-4-6-13-12(15-9-10-16(20)22-15)7-8-14-17(13)18(5-2,21-3)11-19-14/h7-8,11,15H,4-6,9-10H2,1-3H3. The van der Waals surface area contributed by atoms with Crippen molar-refractivity contribution in [2.45, 2.75) is 57.7 Å². The fourth-order valence-corrected chi connectivity index (χ4v) is 3.60. The number of hydrogen-bond acceptors (Lipinski definition) is 4. The Morgan fingerprint density at radius 1 is 1.41 bits per heavy atom. The number of methoxy groups -OCH3 is 1. The van der Waals surface area contributed by atoms with Crippen LogP contribution in [0.4, 0.5) is 5.69 Å². The number of benzene rings is 1. The van der Waals surface area contributed by atoms with E-state index in [1.54, 1.807) is 7.11 Å². The van der Waals surface area contributed by atoms with Crippen LogP contribution in [0.15, 0.2) is 17.1 Å². The highest BCUT2D eigenvalue weighted by molar-refractivity contribution is 5.85. The van der Waals surface area contributed by atoms with Gasteiger partial charge in [-0.3, -0.25) is 9.79 Å². The second kappa shape index (κ2) is 5.84. The Kier molecular flexibility index (Phi) is 4.04. The molecular weight excluding hydrogens is 278 g/mol. The molecule has 0 amide bonds. The van der Waals surface area contributed by atoms with Gasteiger partial charge < -0.3 is 9.47 Å². The van der Waals surface area contributed by atoms with Gasteiger partial charge in [0.15, 0.2) is 0 Å². The fraction of sp³-hybridized carbons (Fsp3) is 0.556. The second-order valence-electron chi connectivity index (χ2n) is 6.00. The summed E-state index contributed by atoms with van der Waals surface area (Å²) in [4.78, 5) is 16.1. The fourth-order valence-electron chi connectivity index (χ4n) is 3.60. The number of carbonyl (C=O) groups is 1. The molecule has 0 N–H and O–H groups in total. The van der Waals surface area contributed by atoms with E-state index in [0.717, 1.165) is 36.9 Å². The van der Waals surface area contributed by atoms with Crippen molar-refractivity contribution in [2.24, 2.45) is 4.99 Å². The summed E-state index contributed by atoms with van der Waals surface area (Å²) < 4.78 is 11.4. The van der Waals surface area contributed by atoms with Crippen LogP contribution in [-0.4, -0.2) is 19.3 Å². The number of nitrogens with zero attached hydrogens (tertiary/aromatic N) is 1. The molecule has 0 aliphatic carbocycles. The van der Waals surface area contributed by atoms with Crippen LogP contribution in [0.5, 0.6) is 0 Å². The molecule has 2 aliphatic rings. The summed E-state index contributed by atoms with van der Waals surface area (Å²) in [7, 11) is 1.74. The zero-order chi connectivity index (χ0) is 15.7. The van der Waals surface area contributed by atoms with Crippen molar-refractivity contribution in [1.82, 2.24) is 0 Å². The second-order valence-corrected chi connectivity index (χ2v) is 6.00.